The molecule has 1 aromatic heterocycles. The number of carbonyl (C=O) groups excluding carboxylic acids is 1. The van der Waals surface area contributed by atoms with E-state index >= 15 is 0 Å². The van der Waals surface area contributed by atoms with Crippen LogP contribution in [0.1, 0.15) is 118 Å². The third kappa shape index (κ3) is 4.99. The van der Waals surface area contributed by atoms with Crippen LogP contribution in [0.3, 0.4) is 0 Å². The summed E-state index contributed by atoms with van der Waals surface area (Å²) in [6.45, 7) is 16.2. The second-order valence-corrected chi connectivity index (χ2v) is 18.7. The van der Waals surface area contributed by atoms with Gasteiger partial charge in [0.25, 0.3) is 0 Å². The number of carbonyl (C=O) groups is 1. The number of ether oxygens (including phenoxy) is 2. The second-order valence-electron chi connectivity index (χ2n) is 18.7. The molecule has 5 N–H and O–H groups in total. The molecule has 7 rings (SSSR count). The van der Waals surface area contributed by atoms with Gasteiger partial charge < -0.3 is 35.0 Å². The Hall–Kier alpha value is -1.89. The lowest BCUT2D eigenvalue weighted by Gasteiger charge is -2.71. The van der Waals surface area contributed by atoms with Crippen LogP contribution >= 0.6 is 0 Å². The molecule has 0 amide bonds. The van der Waals surface area contributed by atoms with Crippen molar-refractivity contribution in [2.24, 2.45) is 56.7 Å². The van der Waals surface area contributed by atoms with Gasteiger partial charge in [-0.05, 0) is 109 Å². The maximum absolute atomic E-state index is 14.5. The van der Waals surface area contributed by atoms with Gasteiger partial charge in [0.05, 0.1) is 24.3 Å². The van der Waals surface area contributed by atoms with E-state index in [1.165, 1.54) is 16.5 Å². The van der Waals surface area contributed by atoms with E-state index in [0.29, 0.717) is 29.4 Å². The number of aliphatic hydroxyl groups excluding tert-OH is 5. The van der Waals surface area contributed by atoms with E-state index < -0.39 is 42.7 Å². The molecular formula is C39H61N3O8. The molecule has 1 aliphatic heterocycles. The lowest BCUT2D eigenvalue weighted by Crippen LogP contribution is -2.65. The molecule has 5 aliphatic carbocycles. The van der Waals surface area contributed by atoms with E-state index in [1.807, 2.05) is 0 Å². The van der Waals surface area contributed by atoms with Gasteiger partial charge in [-0.1, -0.05) is 65.3 Å². The van der Waals surface area contributed by atoms with Crippen molar-refractivity contribution in [3.05, 3.63) is 23.5 Å². The smallest absolute Gasteiger partial charge is 0.313 e. The lowest BCUT2D eigenvalue weighted by atomic mass is 9.33. The Morgan fingerprint density at radius 1 is 0.940 bits per heavy atom. The predicted molar refractivity (Wildman–Crippen MR) is 184 cm³/mol. The van der Waals surface area contributed by atoms with Gasteiger partial charge in [0, 0.05) is 0 Å². The van der Waals surface area contributed by atoms with Crippen LogP contribution in [-0.4, -0.2) is 83.6 Å². The van der Waals surface area contributed by atoms with Gasteiger partial charge in [-0.3, -0.25) is 4.79 Å². The Balaban J connectivity index is 1.14. The van der Waals surface area contributed by atoms with Crippen LogP contribution in [0.4, 0.5) is 0 Å². The third-order valence-electron chi connectivity index (χ3n) is 16.4. The minimum Gasteiger partial charge on any atom is -0.459 e. The van der Waals surface area contributed by atoms with E-state index in [0.717, 1.165) is 57.8 Å². The summed E-state index contributed by atoms with van der Waals surface area (Å²) >= 11 is 0. The molecule has 11 heteroatoms. The summed E-state index contributed by atoms with van der Waals surface area (Å²) in [4.78, 5) is 14.5. The van der Waals surface area contributed by atoms with E-state index in [4.69, 9.17) is 9.47 Å². The Kier molecular flexibility index (Phi) is 9.00. The minimum absolute atomic E-state index is 0.0298. The van der Waals surface area contributed by atoms with Crippen molar-refractivity contribution in [1.29, 1.82) is 0 Å². The Morgan fingerprint density at radius 2 is 1.68 bits per heavy atom. The molecule has 50 heavy (non-hydrogen) atoms. The van der Waals surface area contributed by atoms with Crippen LogP contribution in [0.5, 0.6) is 0 Å². The molecule has 280 valence electrons. The molecule has 0 bridgehead atoms. The van der Waals surface area contributed by atoms with E-state index in [1.54, 1.807) is 0 Å². The molecule has 6 aliphatic rings. The van der Waals surface area contributed by atoms with Crippen molar-refractivity contribution in [2.75, 3.05) is 6.61 Å². The van der Waals surface area contributed by atoms with Crippen LogP contribution in [0.15, 0.2) is 17.8 Å². The zero-order valence-electron chi connectivity index (χ0n) is 31.1. The minimum atomic E-state index is -1.54. The van der Waals surface area contributed by atoms with Crippen LogP contribution in [0.2, 0.25) is 0 Å². The van der Waals surface area contributed by atoms with E-state index in [9.17, 15) is 30.3 Å². The molecule has 1 aromatic rings. The first-order chi connectivity index (χ1) is 23.5. The number of esters is 1. The summed E-state index contributed by atoms with van der Waals surface area (Å²) in [5, 5.41) is 59.8. The number of allylic oxidation sites excluding steroid dienone is 2. The van der Waals surface area contributed by atoms with Gasteiger partial charge >= 0.3 is 5.97 Å². The fourth-order valence-corrected chi connectivity index (χ4v) is 12.9. The standard InChI is InChI=1S/C39H61N3O8/c1-21-10-15-39(34(48)49-20-23-18-42(41-40-23)33-32(47)31(46)30(45)25(19-43)50-33)17-16-37(6)24(29(39)22(21)2)8-9-27-36(5)13-12-28(44)35(3,4)26(36)11-14-38(27,37)7/h8,18,21-22,25-33,43-47H,9-17,19-20H2,1-7H3/t21-,22+,25-,26+,27-,28+,29+,30-,31+,32-,33-,36+,37-,38-,39+/m1/s1. The first kappa shape index (κ1) is 36.5. The number of aromatic nitrogens is 3. The number of fused-ring (bicyclic) bond motifs is 7. The highest BCUT2D eigenvalue weighted by Gasteiger charge is 2.69. The number of hydrogen-bond acceptors (Lipinski definition) is 10. The molecule has 0 radical (unpaired) electrons. The second kappa shape index (κ2) is 12.3. The van der Waals surface area contributed by atoms with Crippen LogP contribution < -0.4 is 0 Å². The molecule has 5 fully saturated rings. The summed E-state index contributed by atoms with van der Waals surface area (Å²) in [5.41, 5.74) is 1.36. The molecule has 2 heterocycles. The quantitative estimate of drug-likeness (QED) is 0.221. The SMILES string of the molecule is C[C@H]1[C@H](C)CC[C@]2(C(=O)OCc3cn([C@@H]4O[C@H](CO)[C@@H](O)[C@H](O)[C@H]4O)nn3)CC[C@]3(C)C(=CC[C@@H]4[C@@]5(C)CC[C@H](O)C(C)(C)[C@@H]5CC[C@]43C)[C@H]12. The normalized spacial score (nSPS) is 49.8. The van der Waals surface area contributed by atoms with Gasteiger partial charge in [0.2, 0.25) is 0 Å². The Labute approximate surface area is 296 Å². The van der Waals surface area contributed by atoms with Gasteiger partial charge in [-0.25, -0.2) is 4.68 Å². The average Bonchev–Trinajstić information content (AvgIpc) is 3.55. The van der Waals surface area contributed by atoms with Gasteiger partial charge in [0.1, 0.15) is 36.7 Å². The maximum atomic E-state index is 14.5. The monoisotopic (exact) mass is 699 g/mol. The summed E-state index contributed by atoms with van der Waals surface area (Å²) in [6.07, 6.45) is 5.77. The van der Waals surface area contributed by atoms with E-state index in [2.05, 4.69) is 64.9 Å². The summed E-state index contributed by atoms with van der Waals surface area (Å²) in [7, 11) is 0. The maximum Gasteiger partial charge on any atom is 0.313 e. The number of aliphatic hydroxyl groups is 5. The molecule has 0 spiro atoms. The Morgan fingerprint density at radius 3 is 2.40 bits per heavy atom. The fourth-order valence-electron chi connectivity index (χ4n) is 12.9. The largest absolute Gasteiger partial charge is 0.459 e. The van der Waals surface area contributed by atoms with Gasteiger partial charge in [0.15, 0.2) is 6.23 Å². The summed E-state index contributed by atoms with van der Waals surface area (Å²) in [6, 6.07) is 0. The van der Waals surface area contributed by atoms with Crippen molar-refractivity contribution in [1.82, 2.24) is 15.0 Å². The topological polar surface area (TPSA) is 167 Å². The van der Waals surface area contributed by atoms with Crippen molar-refractivity contribution >= 4 is 5.97 Å². The zero-order chi connectivity index (χ0) is 36.2. The summed E-state index contributed by atoms with van der Waals surface area (Å²) < 4.78 is 13.0. The van der Waals surface area contributed by atoms with Crippen LogP contribution in [-0.2, 0) is 20.9 Å². The average molecular weight is 700 g/mol. The predicted octanol–water partition coefficient (Wildman–Crippen LogP) is 4.31. The number of rotatable bonds is 5. The lowest BCUT2D eigenvalue weighted by molar-refractivity contribution is -0.254. The number of nitrogens with zero attached hydrogens (tertiary/aromatic N) is 3. The van der Waals surface area contributed by atoms with Gasteiger partial charge in [-0.2, -0.15) is 0 Å². The van der Waals surface area contributed by atoms with E-state index in [-0.39, 0.29) is 46.3 Å². The molecule has 0 unspecified atom stereocenters. The Bertz CT molecular complexity index is 1490. The third-order valence-corrected chi connectivity index (χ3v) is 16.4. The molecular weight excluding hydrogens is 638 g/mol. The van der Waals surface area contributed by atoms with Crippen molar-refractivity contribution in [3.63, 3.8) is 0 Å². The zero-order valence-corrected chi connectivity index (χ0v) is 31.1. The molecule has 4 saturated carbocycles. The number of hydrogen-bond donors (Lipinski definition) is 5. The highest BCUT2D eigenvalue weighted by atomic mass is 16.6. The highest BCUT2D eigenvalue weighted by molar-refractivity contribution is 5.79. The molecule has 15 atom stereocenters. The molecule has 1 saturated heterocycles. The van der Waals surface area contributed by atoms with Gasteiger partial charge in [-0.15, -0.1) is 5.10 Å². The first-order valence-electron chi connectivity index (χ1n) is 19.2. The van der Waals surface area contributed by atoms with Crippen molar-refractivity contribution < 1.29 is 39.8 Å². The van der Waals surface area contributed by atoms with Crippen LogP contribution in [0, 0.1) is 56.7 Å². The first-order valence-corrected chi connectivity index (χ1v) is 19.2. The summed E-state index contributed by atoms with van der Waals surface area (Å²) in [5.74, 6) is 1.73. The molecule has 0 aromatic carbocycles. The van der Waals surface area contributed by atoms with Crippen molar-refractivity contribution in [2.45, 2.75) is 150 Å². The molecule has 11 nitrogen and oxygen atoms in total. The van der Waals surface area contributed by atoms with Crippen molar-refractivity contribution in [3.8, 4) is 0 Å². The van der Waals surface area contributed by atoms with Crippen LogP contribution in [0.25, 0.3) is 0 Å². The fraction of sp³-hybridized carbons (Fsp3) is 0.872. The highest BCUT2D eigenvalue weighted by Crippen LogP contribution is 2.75.